The van der Waals surface area contributed by atoms with E-state index in [9.17, 15) is 14.6 Å². The Bertz CT molecular complexity index is 847. The molecule has 0 aliphatic carbocycles. The molecule has 2 aromatic rings. The van der Waals surface area contributed by atoms with Gasteiger partial charge in [0.15, 0.2) is 6.17 Å². The third-order valence-corrected chi connectivity index (χ3v) is 6.97. The van der Waals surface area contributed by atoms with Crippen LogP contribution < -0.4 is 5.32 Å². The lowest BCUT2D eigenvalue weighted by Gasteiger charge is -2.23. The number of fused-ring (bicyclic) bond motifs is 2. The summed E-state index contributed by atoms with van der Waals surface area (Å²) in [6, 6.07) is 7.85. The number of aliphatic hydroxyl groups is 2. The lowest BCUT2D eigenvalue weighted by atomic mass is 10.1. The third kappa shape index (κ3) is 2.64. The summed E-state index contributed by atoms with van der Waals surface area (Å²) in [5, 5.41) is 21.2. The van der Waals surface area contributed by atoms with Crippen molar-refractivity contribution >= 4 is 47.2 Å². The van der Waals surface area contributed by atoms with Gasteiger partial charge >= 0.3 is 0 Å². The number of thioether (sulfide) groups is 1. The first-order valence-electron chi connectivity index (χ1n) is 7.34. The normalized spacial score (nSPS) is 28.1. The number of alkyl halides is 1. The lowest BCUT2D eigenvalue weighted by molar-refractivity contribution is 0.0633. The molecule has 1 saturated heterocycles. The van der Waals surface area contributed by atoms with Gasteiger partial charge in [0.2, 0.25) is 4.77 Å². The molecule has 2 aliphatic heterocycles. The maximum absolute atomic E-state index is 14.5. The van der Waals surface area contributed by atoms with E-state index in [1.54, 1.807) is 10.8 Å². The molecule has 1 aromatic carbocycles. The SMILES string of the molecule is OC[C@H]1S[C@@H](n2cc3c(nc2=S)Nc2ccccc2S3)C(F)C1O. The van der Waals surface area contributed by atoms with Crippen LogP contribution in [-0.2, 0) is 0 Å². The van der Waals surface area contributed by atoms with Crippen LogP contribution in [0.4, 0.5) is 15.9 Å². The first kappa shape index (κ1) is 16.3. The van der Waals surface area contributed by atoms with Gasteiger partial charge in [-0.15, -0.1) is 11.8 Å². The zero-order chi connectivity index (χ0) is 16.8. The topological polar surface area (TPSA) is 70.3 Å². The fraction of sp³-hybridized carbons (Fsp3) is 0.333. The van der Waals surface area contributed by atoms with E-state index >= 15 is 0 Å². The Labute approximate surface area is 151 Å². The van der Waals surface area contributed by atoms with E-state index in [0.717, 1.165) is 15.5 Å². The molecule has 2 unspecified atom stereocenters. The number of nitrogens with one attached hydrogen (secondary N) is 1. The smallest absolute Gasteiger partial charge is 0.202 e. The molecule has 9 heteroatoms. The molecule has 0 spiro atoms. The molecule has 3 N–H and O–H groups in total. The molecule has 5 nitrogen and oxygen atoms in total. The summed E-state index contributed by atoms with van der Waals surface area (Å²) >= 11 is 8.04. The maximum atomic E-state index is 14.5. The zero-order valence-electron chi connectivity index (χ0n) is 12.3. The van der Waals surface area contributed by atoms with Crippen LogP contribution in [0, 0.1) is 4.77 Å². The molecule has 0 amide bonds. The van der Waals surface area contributed by atoms with E-state index in [1.807, 2.05) is 24.3 Å². The molecule has 4 atom stereocenters. The number of nitrogens with zero attached hydrogens (tertiary/aromatic N) is 2. The fourth-order valence-electron chi connectivity index (χ4n) is 2.78. The molecule has 1 aromatic heterocycles. The van der Waals surface area contributed by atoms with E-state index in [0.29, 0.717) is 5.82 Å². The molecule has 0 radical (unpaired) electrons. The van der Waals surface area contributed by atoms with Crippen molar-refractivity contribution in [3.05, 3.63) is 35.2 Å². The van der Waals surface area contributed by atoms with Crippen LogP contribution in [0.25, 0.3) is 0 Å². The minimum atomic E-state index is -1.51. The third-order valence-electron chi connectivity index (χ3n) is 4.03. The molecule has 24 heavy (non-hydrogen) atoms. The molecule has 0 saturated carbocycles. The Kier molecular flexibility index (Phi) is 4.29. The lowest BCUT2D eigenvalue weighted by Crippen LogP contribution is -2.30. The van der Waals surface area contributed by atoms with Gasteiger partial charge < -0.3 is 20.1 Å². The highest BCUT2D eigenvalue weighted by Crippen LogP contribution is 2.47. The number of halogens is 1. The summed E-state index contributed by atoms with van der Waals surface area (Å²) in [5.41, 5.74) is 0.962. The Balaban J connectivity index is 1.72. The van der Waals surface area contributed by atoms with E-state index < -0.39 is 22.9 Å². The predicted molar refractivity (Wildman–Crippen MR) is 95.3 cm³/mol. The minimum absolute atomic E-state index is 0.243. The highest BCUT2D eigenvalue weighted by molar-refractivity contribution is 8.00. The first-order chi connectivity index (χ1) is 11.6. The monoisotopic (exact) mass is 383 g/mol. The van der Waals surface area contributed by atoms with Gasteiger partial charge in [-0.3, -0.25) is 0 Å². The quantitative estimate of drug-likeness (QED) is 0.587. The molecule has 4 rings (SSSR count). The minimum Gasteiger partial charge on any atom is -0.395 e. The van der Waals surface area contributed by atoms with Crippen LogP contribution in [0.5, 0.6) is 0 Å². The number of hydrogen-bond acceptors (Lipinski definition) is 7. The molecule has 3 heterocycles. The summed E-state index contributed by atoms with van der Waals surface area (Å²) in [6.45, 7) is -0.280. The average molecular weight is 383 g/mol. The van der Waals surface area contributed by atoms with Crippen molar-refractivity contribution in [3.63, 3.8) is 0 Å². The largest absolute Gasteiger partial charge is 0.395 e. The second-order valence-electron chi connectivity index (χ2n) is 5.55. The molecule has 1 fully saturated rings. The van der Waals surface area contributed by atoms with Crippen LogP contribution in [0.3, 0.4) is 0 Å². The number of aliphatic hydroxyl groups excluding tert-OH is 2. The molecule has 0 bridgehead atoms. The van der Waals surface area contributed by atoms with Crippen LogP contribution >= 0.6 is 35.7 Å². The number of para-hydroxylation sites is 1. The standard InChI is InChI=1S/C15H14FN3O2S3/c16-11-12(21)10(6-20)24-14(11)19-5-9-13(18-15(19)22)17-7-3-1-2-4-8(7)23-9/h1-5,10-12,14,20-21H,6H2,(H,17,18,22)/t10-,11?,12?,14-/m1/s1. The van der Waals surface area contributed by atoms with Gasteiger partial charge in [0.25, 0.3) is 0 Å². The van der Waals surface area contributed by atoms with Gasteiger partial charge in [-0.2, -0.15) is 0 Å². The number of aromatic nitrogens is 2. The molecular weight excluding hydrogens is 369 g/mol. The van der Waals surface area contributed by atoms with Gasteiger partial charge in [-0.1, -0.05) is 23.9 Å². The van der Waals surface area contributed by atoms with Crippen LogP contribution in [0.2, 0.25) is 0 Å². The van der Waals surface area contributed by atoms with Crippen LogP contribution in [0.15, 0.2) is 40.3 Å². The second kappa shape index (κ2) is 6.30. The van der Waals surface area contributed by atoms with E-state index in [1.165, 1.54) is 23.5 Å². The number of anilines is 2. The zero-order valence-corrected chi connectivity index (χ0v) is 14.7. The van der Waals surface area contributed by atoms with Gasteiger partial charge in [0.05, 0.1) is 22.4 Å². The Morgan fingerprint density at radius 2 is 2.12 bits per heavy atom. The van der Waals surface area contributed by atoms with Crippen molar-refractivity contribution in [2.75, 3.05) is 11.9 Å². The Hall–Kier alpha value is -1.13. The van der Waals surface area contributed by atoms with Crippen molar-refractivity contribution in [2.45, 2.75) is 32.7 Å². The van der Waals surface area contributed by atoms with Crippen LogP contribution in [0.1, 0.15) is 5.37 Å². The van der Waals surface area contributed by atoms with E-state index in [-0.39, 0.29) is 11.4 Å². The van der Waals surface area contributed by atoms with E-state index in [4.69, 9.17) is 12.2 Å². The summed E-state index contributed by atoms with van der Waals surface area (Å²) in [7, 11) is 0. The van der Waals surface area contributed by atoms with Crippen LogP contribution in [-0.4, -0.2) is 43.9 Å². The summed E-state index contributed by atoms with van der Waals surface area (Å²) in [4.78, 5) is 6.29. The van der Waals surface area contributed by atoms with Crippen molar-refractivity contribution in [2.24, 2.45) is 0 Å². The van der Waals surface area contributed by atoms with Crippen molar-refractivity contribution in [1.29, 1.82) is 0 Å². The second-order valence-corrected chi connectivity index (χ2v) is 8.36. The van der Waals surface area contributed by atoms with Gasteiger partial charge in [-0.05, 0) is 24.4 Å². The predicted octanol–water partition coefficient (Wildman–Crippen LogP) is 3.13. The van der Waals surface area contributed by atoms with Crippen molar-refractivity contribution < 1.29 is 14.6 Å². The summed E-state index contributed by atoms with van der Waals surface area (Å²) in [6.07, 6.45) is -0.948. The molecule has 126 valence electrons. The van der Waals surface area contributed by atoms with Gasteiger partial charge in [0.1, 0.15) is 17.3 Å². The summed E-state index contributed by atoms with van der Waals surface area (Å²) < 4.78 is 16.3. The van der Waals surface area contributed by atoms with Crippen molar-refractivity contribution in [1.82, 2.24) is 9.55 Å². The first-order valence-corrected chi connectivity index (χ1v) is 9.51. The molecule has 2 aliphatic rings. The Morgan fingerprint density at radius 1 is 1.33 bits per heavy atom. The van der Waals surface area contributed by atoms with Crippen molar-refractivity contribution in [3.8, 4) is 0 Å². The number of hydrogen-bond donors (Lipinski definition) is 3. The number of rotatable bonds is 2. The molecular formula is C15H14FN3O2S3. The van der Waals surface area contributed by atoms with Gasteiger partial charge in [0, 0.05) is 11.1 Å². The Morgan fingerprint density at radius 3 is 2.88 bits per heavy atom. The van der Waals surface area contributed by atoms with E-state index in [2.05, 4.69) is 10.3 Å². The summed E-state index contributed by atoms with van der Waals surface area (Å²) in [5.74, 6) is 0.651. The highest BCUT2D eigenvalue weighted by atomic mass is 32.2. The van der Waals surface area contributed by atoms with Gasteiger partial charge in [-0.25, -0.2) is 9.37 Å². The average Bonchev–Trinajstić information content (AvgIpc) is 2.87. The number of benzene rings is 1. The fourth-order valence-corrected chi connectivity index (χ4v) is 5.44. The highest BCUT2D eigenvalue weighted by Gasteiger charge is 2.44. The maximum Gasteiger partial charge on any atom is 0.202 e.